The molecule has 5 rings (SSSR count). The first kappa shape index (κ1) is 22.0. The van der Waals surface area contributed by atoms with E-state index in [9.17, 15) is 13.2 Å². The normalized spacial score (nSPS) is 24.9. The minimum absolute atomic E-state index is 0.0992. The fourth-order valence-corrected chi connectivity index (χ4v) is 5.64. The average molecular weight is 444 g/mol. The van der Waals surface area contributed by atoms with Crippen LogP contribution in [-0.4, -0.2) is 39.5 Å². The van der Waals surface area contributed by atoms with E-state index in [4.69, 9.17) is 8.92 Å². The molecule has 166 valence electrons. The molecule has 0 amide bonds. The molecule has 3 aliphatic rings. The second-order valence-electron chi connectivity index (χ2n) is 8.28. The molecular formula is C24H29NO5S. The van der Waals surface area contributed by atoms with E-state index in [2.05, 4.69) is 23.5 Å². The summed E-state index contributed by atoms with van der Waals surface area (Å²) in [5.74, 6) is 1.45. The monoisotopic (exact) mass is 443 g/mol. The van der Waals surface area contributed by atoms with E-state index in [1.165, 1.54) is 12.0 Å². The molecule has 0 bridgehead atoms. The SMILES string of the molecule is O=C1CCCCC1OS(=O)(=O)Cc1ccccc1.c1ccc2c(c1)OC1CNCCC21. The molecule has 3 unspecified atom stereocenters. The lowest BCUT2D eigenvalue weighted by Crippen LogP contribution is -2.39. The predicted molar refractivity (Wildman–Crippen MR) is 118 cm³/mol. The highest BCUT2D eigenvalue weighted by atomic mass is 32.2. The van der Waals surface area contributed by atoms with Crippen molar-refractivity contribution < 1.29 is 22.1 Å². The molecule has 2 aromatic carbocycles. The third-order valence-electron chi connectivity index (χ3n) is 5.97. The number of fused-ring (bicyclic) bond motifs is 3. The molecule has 0 aromatic heterocycles. The number of carbonyl (C=O) groups excluding carboxylic acids is 1. The van der Waals surface area contributed by atoms with Gasteiger partial charge in [-0.1, -0.05) is 48.5 Å². The van der Waals surface area contributed by atoms with Gasteiger partial charge in [0.15, 0.2) is 5.78 Å². The Bertz CT molecular complexity index is 992. The van der Waals surface area contributed by atoms with Crippen LogP contribution in [0.25, 0.3) is 0 Å². The number of ketones is 1. The minimum Gasteiger partial charge on any atom is -0.488 e. The number of nitrogens with one attached hydrogen (secondary N) is 1. The maximum atomic E-state index is 11.8. The van der Waals surface area contributed by atoms with Crippen LogP contribution in [0.1, 0.15) is 49.1 Å². The van der Waals surface area contributed by atoms with Crippen LogP contribution in [-0.2, 0) is 24.8 Å². The number of Topliss-reactive ketones (excluding diaryl/α,β-unsaturated/α-hetero) is 1. The van der Waals surface area contributed by atoms with Crippen LogP contribution >= 0.6 is 0 Å². The van der Waals surface area contributed by atoms with Gasteiger partial charge < -0.3 is 10.1 Å². The van der Waals surface area contributed by atoms with Crippen molar-refractivity contribution in [2.45, 2.75) is 56.0 Å². The van der Waals surface area contributed by atoms with Gasteiger partial charge in [0.05, 0.1) is 0 Å². The van der Waals surface area contributed by atoms with Crippen molar-refractivity contribution in [3.05, 3.63) is 65.7 Å². The van der Waals surface area contributed by atoms with Crippen LogP contribution in [0.4, 0.5) is 0 Å². The number of hydrogen-bond acceptors (Lipinski definition) is 6. The zero-order valence-corrected chi connectivity index (χ0v) is 18.4. The van der Waals surface area contributed by atoms with Crippen molar-refractivity contribution >= 4 is 15.9 Å². The Hall–Kier alpha value is -2.22. The summed E-state index contributed by atoms with van der Waals surface area (Å²) in [6, 6.07) is 17.2. The summed E-state index contributed by atoms with van der Waals surface area (Å²) in [5.41, 5.74) is 2.08. The van der Waals surface area contributed by atoms with E-state index in [0.29, 0.717) is 30.4 Å². The van der Waals surface area contributed by atoms with E-state index in [1.807, 2.05) is 12.1 Å². The third-order valence-corrected chi connectivity index (χ3v) is 7.18. The number of rotatable bonds is 4. The van der Waals surface area contributed by atoms with Crippen LogP contribution < -0.4 is 10.1 Å². The molecule has 2 aromatic rings. The molecule has 0 spiro atoms. The number of benzene rings is 2. The zero-order valence-electron chi connectivity index (χ0n) is 17.5. The summed E-state index contributed by atoms with van der Waals surface area (Å²) in [6.45, 7) is 2.12. The molecule has 0 radical (unpaired) electrons. The fourth-order valence-electron chi connectivity index (χ4n) is 4.41. The maximum absolute atomic E-state index is 11.8. The molecule has 1 aliphatic carbocycles. The van der Waals surface area contributed by atoms with E-state index < -0.39 is 16.2 Å². The summed E-state index contributed by atoms with van der Waals surface area (Å²) in [4.78, 5) is 11.5. The Balaban J connectivity index is 0.000000156. The second-order valence-corrected chi connectivity index (χ2v) is 9.87. The summed E-state index contributed by atoms with van der Waals surface area (Å²) >= 11 is 0. The second kappa shape index (κ2) is 9.94. The number of hydrogen-bond donors (Lipinski definition) is 1. The Morgan fingerprint density at radius 3 is 2.58 bits per heavy atom. The van der Waals surface area contributed by atoms with Crippen LogP contribution in [0.3, 0.4) is 0 Å². The Morgan fingerprint density at radius 2 is 1.77 bits per heavy atom. The summed E-state index contributed by atoms with van der Waals surface area (Å²) in [7, 11) is -3.69. The molecule has 1 N–H and O–H groups in total. The van der Waals surface area contributed by atoms with Gasteiger partial charge in [0.25, 0.3) is 10.1 Å². The first-order chi connectivity index (χ1) is 15.0. The molecule has 1 saturated heterocycles. The molecular weight excluding hydrogens is 414 g/mol. The Labute approximate surface area is 184 Å². The van der Waals surface area contributed by atoms with Crippen molar-refractivity contribution in [1.82, 2.24) is 5.32 Å². The highest BCUT2D eigenvalue weighted by Crippen LogP contribution is 2.40. The quantitative estimate of drug-likeness (QED) is 0.728. The molecule has 2 fully saturated rings. The van der Waals surface area contributed by atoms with Gasteiger partial charge in [-0.05, 0) is 43.9 Å². The lowest BCUT2D eigenvalue weighted by atomic mass is 9.90. The van der Waals surface area contributed by atoms with Gasteiger partial charge in [0.2, 0.25) is 0 Å². The largest absolute Gasteiger partial charge is 0.488 e. The van der Waals surface area contributed by atoms with Gasteiger partial charge in [0, 0.05) is 24.4 Å². The average Bonchev–Trinajstić information content (AvgIpc) is 3.15. The zero-order chi connectivity index (χ0) is 21.7. The van der Waals surface area contributed by atoms with Gasteiger partial charge in [0.1, 0.15) is 23.7 Å². The highest BCUT2D eigenvalue weighted by Gasteiger charge is 2.35. The van der Waals surface area contributed by atoms with Crippen LogP contribution in [0.5, 0.6) is 5.75 Å². The standard InChI is InChI=1S/C13H16O4S.C11H13NO/c14-12-8-4-5-9-13(12)17-18(15,16)10-11-6-2-1-3-7-11;1-2-4-10-8(3-1)9-5-6-12-7-11(9)13-10/h1-3,6-7,13H,4-5,8-10H2;1-4,9,11-12H,5-7H2. The molecule has 6 nitrogen and oxygen atoms in total. The van der Waals surface area contributed by atoms with Crippen molar-refractivity contribution in [3.8, 4) is 5.75 Å². The lowest BCUT2D eigenvalue weighted by molar-refractivity contribution is -0.127. The van der Waals surface area contributed by atoms with E-state index >= 15 is 0 Å². The predicted octanol–water partition coefficient (Wildman–Crippen LogP) is 3.57. The molecule has 1 saturated carbocycles. The Morgan fingerprint density at radius 1 is 1.00 bits per heavy atom. The van der Waals surface area contributed by atoms with Crippen molar-refractivity contribution in [3.63, 3.8) is 0 Å². The number of piperidine rings is 1. The van der Waals surface area contributed by atoms with Gasteiger partial charge in [-0.2, -0.15) is 8.42 Å². The topological polar surface area (TPSA) is 81.7 Å². The highest BCUT2D eigenvalue weighted by molar-refractivity contribution is 7.85. The van der Waals surface area contributed by atoms with Crippen LogP contribution in [0.2, 0.25) is 0 Å². The van der Waals surface area contributed by atoms with E-state index in [0.717, 1.165) is 31.7 Å². The van der Waals surface area contributed by atoms with Crippen molar-refractivity contribution in [2.75, 3.05) is 13.1 Å². The molecule has 3 atom stereocenters. The maximum Gasteiger partial charge on any atom is 0.272 e. The van der Waals surface area contributed by atoms with Crippen molar-refractivity contribution in [2.24, 2.45) is 0 Å². The van der Waals surface area contributed by atoms with Gasteiger partial charge in [-0.15, -0.1) is 0 Å². The van der Waals surface area contributed by atoms with Crippen molar-refractivity contribution in [1.29, 1.82) is 0 Å². The number of ether oxygens (including phenoxy) is 1. The summed E-state index contributed by atoms with van der Waals surface area (Å²) in [5, 5.41) is 3.37. The summed E-state index contributed by atoms with van der Waals surface area (Å²) < 4.78 is 34.5. The first-order valence-electron chi connectivity index (χ1n) is 11.0. The van der Waals surface area contributed by atoms with Gasteiger partial charge in [-0.3, -0.25) is 8.98 Å². The lowest BCUT2D eigenvalue weighted by Gasteiger charge is -2.24. The van der Waals surface area contributed by atoms with Gasteiger partial charge in [-0.25, -0.2) is 0 Å². The molecule has 7 heteroatoms. The van der Waals surface area contributed by atoms with E-state index in [-0.39, 0.29) is 11.5 Å². The fraction of sp³-hybridized carbons (Fsp3) is 0.458. The minimum atomic E-state index is -3.69. The molecule has 2 aliphatic heterocycles. The number of para-hydroxylation sites is 1. The van der Waals surface area contributed by atoms with Crippen LogP contribution in [0.15, 0.2) is 54.6 Å². The van der Waals surface area contributed by atoms with E-state index in [1.54, 1.807) is 24.3 Å². The smallest absolute Gasteiger partial charge is 0.272 e. The first-order valence-corrected chi connectivity index (χ1v) is 12.5. The number of carbonyl (C=O) groups is 1. The Kier molecular flexibility index (Phi) is 7.05. The third kappa shape index (κ3) is 5.73. The summed E-state index contributed by atoms with van der Waals surface area (Å²) in [6.07, 6.45) is 3.42. The van der Waals surface area contributed by atoms with Crippen LogP contribution in [0, 0.1) is 0 Å². The van der Waals surface area contributed by atoms with Gasteiger partial charge >= 0.3 is 0 Å². The molecule has 31 heavy (non-hydrogen) atoms. The molecule has 2 heterocycles.